The summed E-state index contributed by atoms with van der Waals surface area (Å²) in [6, 6.07) is 5.21. The van der Waals surface area contributed by atoms with E-state index in [9.17, 15) is 18.7 Å². The van der Waals surface area contributed by atoms with Crippen molar-refractivity contribution in [1.82, 2.24) is 15.6 Å². The Bertz CT molecular complexity index is 1060. The lowest BCUT2D eigenvalue weighted by molar-refractivity contribution is -0.120. The minimum absolute atomic E-state index is 0.0274. The average Bonchev–Trinajstić information content (AvgIpc) is 2.78. The molecule has 35 heavy (non-hydrogen) atoms. The van der Waals surface area contributed by atoms with Crippen LogP contribution < -0.4 is 15.4 Å². The zero-order chi connectivity index (χ0) is 25.2. The van der Waals surface area contributed by atoms with Crippen LogP contribution in [0.5, 0.6) is 5.88 Å². The molecule has 2 heterocycles. The summed E-state index contributed by atoms with van der Waals surface area (Å²) >= 11 is 0. The minimum Gasteiger partial charge on any atom is -0.471 e. The van der Waals surface area contributed by atoms with Gasteiger partial charge in [-0.3, -0.25) is 4.79 Å². The number of carbonyl (C=O) groups excluding carboxylic acids is 1. The van der Waals surface area contributed by atoms with Crippen LogP contribution in [0.25, 0.3) is 0 Å². The summed E-state index contributed by atoms with van der Waals surface area (Å²) in [4.78, 5) is 16.4. The molecular formula is C27H35F2N3O3. The number of rotatable bonds is 9. The van der Waals surface area contributed by atoms with E-state index < -0.39 is 23.8 Å². The number of benzene rings is 1. The van der Waals surface area contributed by atoms with E-state index in [1.54, 1.807) is 0 Å². The number of carbonyl (C=O) groups is 1. The first-order valence-corrected chi connectivity index (χ1v) is 12.4. The van der Waals surface area contributed by atoms with Crippen LogP contribution in [0.4, 0.5) is 8.78 Å². The highest BCUT2D eigenvalue weighted by Crippen LogP contribution is 2.48. The third-order valence-corrected chi connectivity index (χ3v) is 7.01. The van der Waals surface area contributed by atoms with Crippen LogP contribution in [0, 0.1) is 17.6 Å². The van der Waals surface area contributed by atoms with Gasteiger partial charge in [0.2, 0.25) is 11.8 Å². The fraction of sp³-hybridized carbons (Fsp3) is 0.556. The van der Waals surface area contributed by atoms with Crippen LogP contribution in [-0.4, -0.2) is 40.3 Å². The largest absolute Gasteiger partial charge is 0.471 e. The predicted octanol–water partition coefficient (Wildman–Crippen LogP) is 4.00. The monoisotopic (exact) mass is 487 g/mol. The summed E-state index contributed by atoms with van der Waals surface area (Å²) in [7, 11) is 0. The van der Waals surface area contributed by atoms with Crippen LogP contribution in [0.15, 0.2) is 30.5 Å². The number of ether oxygens (including phenoxy) is 1. The minimum atomic E-state index is -1.02. The van der Waals surface area contributed by atoms with Crippen molar-refractivity contribution in [1.29, 1.82) is 0 Å². The number of fused-ring (bicyclic) bond motifs is 1. The Morgan fingerprint density at radius 3 is 2.71 bits per heavy atom. The van der Waals surface area contributed by atoms with Gasteiger partial charge in [-0.15, -0.1) is 0 Å². The quantitative estimate of drug-likeness (QED) is 0.498. The molecular weight excluding hydrogens is 452 g/mol. The van der Waals surface area contributed by atoms with Crippen LogP contribution in [0.1, 0.15) is 69.2 Å². The molecule has 1 aliphatic heterocycles. The molecule has 1 fully saturated rings. The molecule has 4 rings (SSSR count). The van der Waals surface area contributed by atoms with Crippen LogP contribution >= 0.6 is 0 Å². The maximum Gasteiger partial charge on any atom is 0.218 e. The highest BCUT2D eigenvalue weighted by Gasteiger charge is 2.46. The van der Waals surface area contributed by atoms with Crippen molar-refractivity contribution in [3.63, 3.8) is 0 Å². The van der Waals surface area contributed by atoms with Crippen LogP contribution in [0.2, 0.25) is 0 Å². The number of hydrogen-bond donors (Lipinski definition) is 3. The zero-order valence-corrected chi connectivity index (χ0v) is 20.6. The third-order valence-electron chi connectivity index (χ3n) is 7.01. The number of nitrogens with zero attached hydrogens (tertiary/aromatic N) is 1. The van der Waals surface area contributed by atoms with Crippen molar-refractivity contribution in [3.05, 3.63) is 58.8 Å². The summed E-state index contributed by atoms with van der Waals surface area (Å²) in [5, 5.41) is 17.1. The molecule has 3 atom stereocenters. The van der Waals surface area contributed by atoms with Gasteiger partial charge in [-0.05, 0) is 61.3 Å². The number of halogens is 2. The molecule has 1 saturated carbocycles. The van der Waals surface area contributed by atoms with E-state index in [1.165, 1.54) is 19.1 Å². The Balaban J connectivity index is 1.51. The molecule has 1 aliphatic carbocycles. The van der Waals surface area contributed by atoms with Crippen molar-refractivity contribution in [2.75, 3.05) is 6.54 Å². The number of pyridine rings is 1. The highest BCUT2D eigenvalue weighted by atomic mass is 19.2. The number of aliphatic hydroxyl groups is 1. The van der Waals surface area contributed by atoms with Crippen molar-refractivity contribution in [2.24, 2.45) is 5.92 Å². The second kappa shape index (κ2) is 10.6. The summed E-state index contributed by atoms with van der Waals surface area (Å²) in [6.45, 7) is 5.83. The molecule has 3 N–H and O–H groups in total. The van der Waals surface area contributed by atoms with Gasteiger partial charge in [0.25, 0.3) is 0 Å². The Hall–Kier alpha value is -2.58. The number of aliphatic hydroxyl groups excluding tert-OH is 1. The second-order valence-corrected chi connectivity index (χ2v) is 10.4. The molecule has 0 bridgehead atoms. The topological polar surface area (TPSA) is 83.5 Å². The lowest BCUT2D eigenvalue weighted by Gasteiger charge is -2.47. The number of amides is 1. The summed E-state index contributed by atoms with van der Waals surface area (Å²) in [6.07, 6.45) is 5.56. The first kappa shape index (κ1) is 25.5. The fourth-order valence-corrected chi connectivity index (χ4v) is 5.11. The van der Waals surface area contributed by atoms with Crippen LogP contribution in [0.3, 0.4) is 0 Å². The van der Waals surface area contributed by atoms with E-state index >= 15 is 0 Å². The number of nitrogens with one attached hydrogen (secondary N) is 2. The maximum absolute atomic E-state index is 14.3. The predicted molar refractivity (Wildman–Crippen MR) is 129 cm³/mol. The van der Waals surface area contributed by atoms with E-state index in [1.807, 2.05) is 6.20 Å². The molecule has 1 aromatic heterocycles. The Morgan fingerprint density at radius 2 is 2.06 bits per heavy atom. The van der Waals surface area contributed by atoms with Gasteiger partial charge in [-0.2, -0.15) is 0 Å². The van der Waals surface area contributed by atoms with E-state index in [4.69, 9.17) is 4.74 Å². The fourth-order valence-electron chi connectivity index (χ4n) is 5.11. The highest BCUT2D eigenvalue weighted by molar-refractivity contribution is 5.73. The molecule has 0 radical (unpaired) electrons. The van der Waals surface area contributed by atoms with Crippen molar-refractivity contribution in [3.8, 4) is 5.88 Å². The molecule has 1 amide bonds. The van der Waals surface area contributed by atoms with Gasteiger partial charge >= 0.3 is 0 Å². The van der Waals surface area contributed by atoms with E-state index in [0.29, 0.717) is 11.8 Å². The third kappa shape index (κ3) is 5.98. The normalized spacial score (nSPS) is 20.0. The molecule has 0 unspecified atom stereocenters. The zero-order valence-electron chi connectivity index (χ0n) is 20.6. The number of aromatic nitrogens is 1. The molecule has 2 aromatic rings. The van der Waals surface area contributed by atoms with Gasteiger partial charge in [0, 0.05) is 37.7 Å². The maximum atomic E-state index is 14.3. The smallest absolute Gasteiger partial charge is 0.218 e. The standard InChI is InChI=1S/C27H35F2N3O3/c1-16(2)10-18-11-20-23(13-27(8-5-9-27)35-26(20)31-14-18)30-15-24(34)22(32-17(3)33)12-19-6-4-7-21(28)25(19)29/h4,6-7,11,14,16,22-24,30,34H,5,8-10,12-13,15H2,1-3H3,(H,32,33)/t22-,23-,24-/m0/s1. The lowest BCUT2D eigenvalue weighted by Crippen LogP contribution is -2.52. The molecule has 6 nitrogen and oxygen atoms in total. The molecule has 190 valence electrons. The first-order valence-electron chi connectivity index (χ1n) is 12.4. The lowest BCUT2D eigenvalue weighted by atomic mass is 9.73. The van der Waals surface area contributed by atoms with Crippen molar-refractivity contribution >= 4 is 5.91 Å². The van der Waals surface area contributed by atoms with Crippen LogP contribution in [-0.2, 0) is 17.6 Å². The van der Waals surface area contributed by atoms with E-state index in [2.05, 4.69) is 35.5 Å². The summed E-state index contributed by atoms with van der Waals surface area (Å²) in [5.74, 6) is -1.14. The van der Waals surface area contributed by atoms with Gasteiger partial charge in [0.05, 0.1) is 12.1 Å². The summed E-state index contributed by atoms with van der Waals surface area (Å²) in [5.41, 5.74) is 1.98. The van der Waals surface area contributed by atoms with Crippen molar-refractivity contribution in [2.45, 2.75) is 83.1 Å². The first-order chi connectivity index (χ1) is 16.7. The van der Waals surface area contributed by atoms with Crippen molar-refractivity contribution < 1.29 is 23.4 Å². The van der Waals surface area contributed by atoms with Gasteiger partial charge < -0.3 is 20.5 Å². The Morgan fingerprint density at radius 1 is 1.29 bits per heavy atom. The molecule has 0 saturated heterocycles. The van der Waals surface area contributed by atoms with Gasteiger partial charge in [0.1, 0.15) is 5.60 Å². The average molecular weight is 488 g/mol. The molecule has 2 aliphatic rings. The molecule has 1 spiro atoms. The molecule has 1 aromatic carbocycles. The number of hydrogen-bond acceptors (Lipinski definition) is 5. The van der Waals surface area contributed by atoms with Gasteiger partial charge in [-0.25, -0.2) is 13.8 Å². The van der Waals surface area contributed by atoms with E-state index in [0.717, 1.165) is 49.3 Å². The SMILES string of the molecule is CC(=O)N[C@@H](Cc1cccc(F)c1F)[C@@H](O)CN[C@H]1CC2(CCC2)Oc2ncc(CC(C)C)cc21. The Labute approximate surface area is 205 Å². The van der Waals surface area contributed by atoms with Gasteiger partial charge in [-0.1, -0.05) is 26.0 Å². The molecule has 8 heteroatoms. The summed E-state index contributed by atoms with van der Waals surface area (Å²) < 4.78 is 34.3. The Kier molecular flexibility index (Phi) is 7.71. The second-order valence-electron chi connectivity index (χ2n) is 10.4. The van der Waals surface area contributed by atoms with E-state index in [-0.39, 0.29) is 36.1 Å². The van der Waals surface area contributed by atoms with Gasteiger partial charge in [0.15, 0.2) is 11.6 Å².